The van der Waals surface area contributed by atoms with Gasteiger partial charge in [0.05, 0.1) is 19.2 Å². The number of anilines is 1. The van der Waals surface area contributed by atoms with E-state index in [1.807, 2.05) is 0 Å². The van der Waals surface area contributed by atoms with Gasteiger partial charge in [0, 0.05) is 11.6 Å². The van der Waals surface area contributed by atoms with Gasteiger partial charge in [-0.15, -0.1) is 0 Å². The van der Waals surface area contributed by atoms with Crippen LogP contribution in [0.25, 0.3) is 0 Å². The minimum atomic E-state index is -1.18. The van der Waals surface area contributed by atoms with E-state index in [2.05, 4.69) is 5.32 Å². The molecule has 132 valence electrons. The van der Waals surface area contributed by atoms with Crippen LogP contribution in [-0.2, 0) is 20.7 Å². The molecule has 2 aromatic carbocycles. The van der Waals surface area contributed by atoms with Crippen molar-refractivity contribution < 1.29 is 27.8 Å². The summed E-state index contributed by atoms with van der Waals surface area (Å²) in [7, 11) is 1.48. The van der Waals surface area contributed by atoms with Gasteiger partial charge in [-0.3, -0.25) is 9.59 Å². The fraction of sp³-hybridized carbons (Fsp3) is 0.222. The number of nitrogens with one attached hydrogen (secondary N) is 1. The van der Waals surface area contributed by atoms with Crippen molar-refractivity contribution in [3.63, 3.8) is 0 Å². The number of ether oxygens (including phenoxy) is 2. The molecule has 1 amide bonds. The number of halogens is 2. The highest BCUT2D eigenvalue weighted by Crippen LogP contribution is 2.19. The van der Waals surface area contributed by atoms with Crippen LogP contribution < -0.4 is 10.1 Å². The molecule has 0 fully saturated rings. The van der Waals surface area contributed by atoms with E-state index < -0.39 is 29.6 Å². The molecule has 0 unspecified atom stereocenters. The molecule has 2 rings (SSSR count). The quantitative estimate of drug-likeness (QED) is 0.814. The van der Waals surface area contributed by atoms with Gasteiger partial charge in [-0.1, -0.05) is 18.2 Å². The first-order valence-corrected chi connectivity index (χ1v) is 7.48. The fourth-order valence-corrected chi connectivity index (χ4v) is 2.12. The van der Waals surface area contributed by atoms with Crippen molar-refractivity contribution in [3.8, 4) is 5.75 Å². The molecule has 0 aliphatic heterocycles. The number of benzene rings is 2. The minimum Gasteiger partial charge on any atom is -0.496 e. The van der Waals surface area contributed by atoms with Crippen molar-refractivity contribution in [3.05, 3.63) is 59.7 Å². The van der Waals surface area contributed by atoms with Crippen LogP contribution in [-0.4, -0.2) is 25.1 Å². The van der Waals surface area contributed by atoms with Crippen molar-refractivity contribution in [2.45, 2.75) is 19.4 Å². The normalized spacial score (nSPS) is 11.5. The highest BCUT2D eigenvalue weighted by molar-refractivity contribution is 5.95. The molecule has 1 N–H and O–H groups in total. The summed E-state index contributed by atoms with van der Waals surface area (Å²) >= 11 is 0. The summed E-state index contributed by atoms with van der Waals surface area (Å²) in [5.41, 5.74) is 0.288. The Morgan fingerprint density at radius 1 is 1.16 bits per heavy atom. The Bertz CT molecular complexity index is 779. The number of para-hydroxylation sites is 1. The summed E-state index contributed by atoms with van der Waals surface area (Å²) in [5.74, 6) is -2.37. The number of amides is 1. The molecule has 0 radical (unpaired) electrons. The lowest BCUT2D eigenvalue weighted by molar-refractivity contribution is -0.152. The average Bonchev–Trinajstić information content (AvgIpc) is 2.58. The van der Waals surface area contributed by atoms with Crippen LogP contribution in [0.3, 0.4) is 0 Å². The Balaban J connectivity index is 1.96. The number of methoxy groups -OCH3 is 1. The highest BCUT2D eigenvalue weighted by Gasteiger charge is 2.20. The van der Waals surface area contributed by atoms with Crippen molar-refractivity contribution in [1.29, 1.82) is 0 Å². The maximum atomic E-state index is 13.5. The third kappa shape index (κ3) is 5.00. The molecule has 0 spiro atoms. The summed E-state index contributed by atoms with van der Waals surface area (Å²) in [6.45, 7) is 1.34. The average molecular weight is 349 g/mol. The van der Waals surface area contributed by atoms with Gasteiger partial charge in [0.25, 0.3) is 5.91 Å². The molecular formula is C18H17F2NO4. The van der Waals surface area contributed by atoms with Crippen molar-refractivity contribution >= 4 is 17.6 Å². The van der Waals surface area contributed by atoms with Crippen LogP contribution in [0, 0.1) is 11.6 Å². The maximum Gasteiger partial charge on any atom is 0.311 e. The molecule has 7 heteroatoms. The van der Waals surface area contributed by atoms with Gasteiger partial charge in [-0.2, -0.15) is 0 Å². The maximum absolute atomic E-state index is 13.5. The number of carbonyl (C=O) groups is 2. The Labute approximate surface area is 143 Å². The first-order chi connectivity index (χ1) is 11.9. The Morgan fingerprint density at radius 3 is 2.60 bits per heavy atom. The Hall–Kier alpha value is -2.96. The number of carbonyl (C=O) groups excluding carboxylic acids is 2. The van der Waals surface area contributed by atoms with E-state index in [4.69, 9.17) is 9.47 Å². The molecule has 1 atom stereocenters. The summed E-state index contributed by atoms with van der Waals surface area (Å²) in [5, 5.41) is 2.19. The zero-order chi connectivity index (χ0) is 18.4. The van der Waals surface area contributed by atoms with E-state index in [9.17, 15) is 18.4 Å². The van der Waals surface area contributed by atoms with Crippen molar-refractivity contribution in [2.75, 3.05) is 12.4 Å². The van der Waals surface area contributed by atoms with Crippen molar-refractivity contribution in [1.82, 2.24) is 0 Å². The van der Waals surface area contributed by atoms with Crippen molar-refractivity contribution in [2.24, 2.45) is 0 Å². The molecule has 25 heavy (non-hydrogen) atoms. The van der Waals surface area contributed by atoms with E-state index in [0.717, 1.165) is 18.2 Å². The van der Waals surface area contributed by atoms with Gasteiger partial charge in [0.2, 0.25) is 0 Å². The SMILES string of the molecule is COc1ccccc1CC(=O)O[C@H](C)C(=O)Nc1cc(F)ccc1F. The zero-order valence-electron chi connectivity index (χ0n) is 13.7. The number of hydrogen-bond acceptors (Lipinski definition) is 4. The minimum absolute atomic E-state index is 0.0873. The second-order valence-electron chi connectivity index (χ2n) is 5.23. The lowest BCUT2D eigenvalue weighted by atomic mass is 10.1. The topological polar surface area (TPSA) is 64.6 Å². The predicted octanol–water partition coefficient (Wildman–Crippen LogP) is 3.09. The predicted molar refractivity (Wildman–Crippen MR) is 87.2 cm³/mol. The van der Waals surface area contributed by atoms with E-state index >= 15 is 0 Å². The largest absolute Gasteiger partial charge is 0.496 e. The standard InChI is InChI=1S/C18H17F2NO4/c1-11(18(23)21-15-10-13(19)7-8-14(15)20)25-17(22)9-12-5-3-4-6-16(12)24-2/h3-8,10-11H,9H2,1-2H3,(H,21,23)/t11-/m1/s1. The Kier molecular flexibility index (Phi) is 6.05. The molecule has 0 saturated heterocycles. The molecule has 2 aromatic rings. The molecule has 0 aliphatic rings. The number of rotatable bonds is 6. The molecule has 0 aliphatic carbocycles. The fourth-order valence-electron chi connectivity index (χ4n) is 2.12. The molecule has 5 nitrogen and oxygen atoms in total. The van der Waals surface area contributed by atoms with E-state index in [1.54, 1.807) is 24.3 Å². The monoisotopic (exact) mass is 349 g/mol. The summed E-state index contributed by atoms with van der Waals surface area (Å²) in [4.78, 5) is 24.0. The second kappa shape index (κ2) is 8.23. The van der Waals surface area contributed by atoms with Gasteiger partial charge in [0.15, 0.2) is 6.10 Å². The zero-order valence-corrected chi connectivity index (χ0v) is 13.7. The third-order valence-corrected chi connectivity index (χ3v) is 3.39. The van der Waals surface area contributed by atoms with E-state index in [1.165, 1.54) is 14.0 Å². The van der Waals surface area contributed by atoms with Crippen LogP contribution in [0.4, 0.5) is 14.5 Å². The van der Waals surface area contributed by atoms with Gasteiger partial charge in [-0.05, 0) is 25.1 Å². The lowest BCUT2D eigenvalue weighted by Gasteiger charge is -2.14. The molecule has 0 aromatic heterocycles. The van der Waals surface area contributed by atoms with Crippen LogP contribution in [0.2, 0.25) is 0 Å². The summed E-state index contributed by atoms with van der Waals surface area (Å²) in [6.07, 6.45) is -1.26. The first kappa shape index (κ1) is 18.4. The molecule has 0 saturated carbocycles. The second-order valence-corrected chi connectivity index (χ2v) is 5.23. The lowest BCUT2D eigenvalue weighted by Crippen LogP contribution is -2.30. The third-order valence-electron chi connectivity index (χ3n) is 3.39. The smallest absolute Gasteiger partial charge is 0.311 e. The number of hydrogen-bond donors (Lipinski definition) is 1. The number of esters is 1. The van der Waals surface area contributed by atoms with Gasteiger partial charge in [-0.25, -0.2) is 8.78 Å². The Morgan fingerprint density at radius 2 is 1.88 bits per heavy atom. The van der Waals surface area contributed by atoms with Gasteiger partial charge in [0.1, 0.15) is 17.4 Å². The summed E-state index contributed by atoms with van der Waals surface area (Å²) in [6, 6.07) is 9.57. The van der Waals surface area contributed by atoms with Crippen LogP contribution in [0.1, 0.15) is 12.5 Å². The molecule has 0 heterocycles. The van der Waals surface area contributed by atoms with E-state index in [0.29, 0.717) is 11.3 Å². The van der Waals surface area contributed by atoms with Crippen LogP contribution in [0.5, 0.6) is 5.75 Å². The van der Waals surface area contributed by atoms with Gasteiger partial charge < -0.3 is 14.8 Å². The molecular weight excluding hydrogens is 332 g/mol. The first-order valence-electron chi connectivity index (χ1n) is 7.48. The van der Waals surface area contributed by atoms with Crippen LogP contribution in [0.15, 0.2) is 42.5 Å². The summed E-state index contributed by atoms with van der Waals surface area (Å²) < 4.78 is 36.8. The highest BCUT2D eigenvalue weighted by atomic mass is 19.1. The van der Waals surface area contributed by atoms with E-state index in [-0.39, 0.29) is 12.1 Å². The molecule has 0 bridgehead atoms. The van der Waals surface area contributed by atoms with Crippen LogP contribution >= 0.6 is 0 Å². The van der Waals surface area contributed by atoms with Gasteiger partial charge >= 0.3 is 5.97 Å².